The lowest BCUT2D eigenvalue weighted by Crippen LogP contribution is -2.20. The fourth-order valence-electron chi connectivity index (χ4n) is 2.67. The van der Waals surface area contributed by atoms with Gasteiger partial charge in [-0.05, 0) is 11.8 Å². The lowest BCUT2D eigenvalue weighted by Gasteiger charge is -2.24. The number of unbranched alkanes of at least 4 members (excludes halogenated alkanes) is 10. The number of carbonyl (C=O) groups is 1. The summed E-state index contributed by atoms with van der Waals surface area (Å²) in [5, 5.41) is 9.00. The van der Waals surface area contributed by atoms with Crippen molar-refractivity contribution in [3.63, 3.8) is 0 Å². The summed E-state index contributed by atoms with van der Waals surface area (Å²) in [6.07, 6.45) is 15.5. The first-order valence-electron chi connectivity index (χ1n) is 8.84. The number of carboxylic acids is 1. The van der Waals surface area contributed by atoms with Crippen LogP contribution in [0, 0.1) is 5.41 Å². The molecule has 2 heteroatoms. The monoisotopic (exact) mass is 296 g/mol. The summed E-state index contributed by atoms with van der Waals surface area (Å²) >= 11 is 0. The van der Waals surface area contributed by atoms with Crippen LogP contribution in [0.25, 0.3) is 0 Å². The van der Waals surface area contributed by atoms with E-state index in [4.69, 9.17) is 5.11 Å². The van der Waals surface area contributed by atoms with Gasteiger partial charge in [0.05, 0.1) is 0 Å². The molecule has 0 spiro atoms. The van der Waals surface area contributed by atoms with Gasteiger partial charge in [0.15, 0.2) is 0 Å². The fraction of sp³-hybridized carbons (Fsp3) is 0.842. The zero-order chi connectivity index (χ0) is 16.1. The molecule has 0 heterocycles. The van der Waals surface area contributed by atoms with Crippen molar-refractivity contribution >= 4 is 5.97 Å². The van der Waals surface area contributed by atoms with Gasteiger partial charge in [-0.15, -0.1) is 0 Å². The summed E-state index contributed by atoms with van der Waals surface area (Å²) in [5.41, 5.74) is 0.0695. The van der Waals surface area contributed by atoms with Crippen molar-refractivity contribution in [1.82, 2.24) is 0 Å². The Morgan fingerprint density at radius 1 is 0.857 bits per heavy atom. The van der Waals surface area contributed by atoms with Gasteiger partial charge in [-0.1, -0.05) is 98.0 Å². The molecule has 0 saturated heterocycles. The Morgan fingerprint density at radius 3 is 1.62 bits per heavy atom. The highest BCUT2D eigenvalue weighted by molar-refractivity contribution is 5.87. The van der Waals surface area contributed by atoms with Crippen LogP contribution in [0.15, 0.2) is 12.2 Å². The van der Waals surface area contributed by atoms with Crippen molar-refractivity contribution < 1.29 is 9.90 Å². The quantitative estimate of drug-likeness (QED) is 0.299. The largest absolute Gasteiger partial charge is 0.478 e. The van der Waals surface area contributed by atoms with Gasteiger partial charge in [0.1, 0.15) is 0 Å². The Hall–Kier alpha value is -0.790. The summed E-state index contributed by atoms with van der Waals surface area (Å²) in [4.78, 5) is 10.9. The summed E-state index contributed by atoms with van der Waals surface area (Å²) in [5.74, 6) is -0.858. The van der Waals surface area contributed by atoms with Gasteiger partial charge < -0.3 is 5.11 Å². The van der Waals surface area contributed by atoms with Crippen molar-refractivity contribution in [3.05, 3.63) is 12.2 Å². The van der Waals surface area contributed by atoms with Crippen LogP contribution >= 0.6 is 0 Å². The third kappa shape index (κ3) is 10.6. The van der Waals surface area contributed by atoms with E-state index < -0.39 is 5.97 Å². The molecule has 124 valence electrons. The lowest BCUT2D eigenvalue weighted by atomic mass is 9.80. The minimum absolute atomic E-state index is 0.273. The molecular weight excluding hydrogens is 260 g/mol. The molecule has 0 fully saturated rings. The Bertz CT molecular complexity index is 292. The van der Waals surface area contributed by atoms with Gasteiger partial charge in [0.25, 0.3) is 0 Å². The van der Waals surface area contributed by atoms with Crippen LogP contribution in [0.3, 0.4) is 0 Å². The SMILES string of the molecule is C=C(C(=O)O)C(C)(C)CCCCCCCCCCCCC. The molecule has 0 rings (SSSR count). The molecule has 0 atom stereocenters. The van der Waals surface area contributed by atoms with Gasteiger partial charge in [-0.3, -0.25) is 0 Å². The average Bonchev–Trinajstić information content (AvgIpc) is 2.43. The number of hydrogen-bond acceptors (Lipinski definition) is 1. The molecule has 0 aliphatic carbocycles. The maximum Gasteiger partial charge on any atom is 0.331 e. The molecule has 0 bridgehead atoms. The van der Waals surface area contributed by atoms with Gasteiger partial charge in [-0.25, -0.2) is 4.79 Å². The van der Waals surface area contributed by atoms with Crippen molar-refractivity contribution in [3.8, 4) is 0 Å². The minimum atomic E-state index is -0.858. The summed E-state index contributed by atoms with van der Waals surface area (Å²) in [6, 6.07) is 0. The van der Waals surface area contributed by atoms with Crippen molar-refractivity contribution in [2.75, 3.05) is 0 Å². The second-order valence-corrected chi connectivity index (χ2v) is 6.95. The van der Waals surface area contributed by atoms with Gasteiger partial charge in [-0.2, -0.15) is 0 Å². The molecule has 2 nitrogen and oxygen atoms in total. The smallest absolute Gasteiger partial charge is 0.331 e. The highest BCUT2D eigenvalue weighted by atomic mass is 16.4. The average molecular weight is 296 g/mol. The number of hydrogen-bond donors (Lipinski definition) is 1. The van der Waals surface area contributed by atoms with Crippen LogP contribution in [-0.2, 0) is 4.79 Å². The molecule has 0 radical (unpaired) electrons. The molecule has 1 N–H and O–H groups in total. The van der Waals surface area contributed by atoms with E-state index >= 15 is 0 Å². The fourth-order valence-corrected chi connectivity index (χ4v) is 2.67. The molecular formula is C19H36O2. The van der Waals surface area contributed by atoms with E-state index in [9.17, 15) is 4.79 Å². The summed E-state index contributed by atoms with van der Waals surface area (Å²) < 4.78 is 0. The van der Waals surface area contributed by atoms with Gasteiger partial charge >= 0.3 is 5.97 Å². The molecule has 0 unspecified atom stereocenters. The van der Waals surface area contributed by atoms with Crippen LogP contribution in [-0.4, -0.2) is 11.1 Å². The maximum absolute atomic E-state index is 10.9. The van der Waals surface area contributed by atoms with E-state index in [2.05, 4.69) is 13.5 Å². The zero-order valence-corrected chi connectivity index (χ0v) is 14.5. The summed E-state index contributed by atoms with van der Waals surface area (Å²) in [6.45, 7) is 9.93. The molecule has 0 aromatic rings. The van der Waals surface area contributed by atoms with Crippen LogP contribution in [0.5, 0.6) is 0 Å². The van der Waals surface area contributed by atoms with E-state index in [1.165, 1.54) is 64.2 Å². The number of aliphatic carboxylic acids is 1. The number of carboxylic acid groups (broad SMARTS) is 1. The minimum Gasteiger partial charge on any atom is -0.478 e. The Labute approximate surface area is 132 Å². The van der Waals surface area contributed by atoms with Crippen molar-refractivity contribution in [1.29, 1.82) is 0 Å². The van der Waals surface area contributed by atoms with Gasteiger partial charge in [0, 0.05) is 5.57 Å². The van der Waals surface area contributed by atoms with Crippen LogP contribution in [0.1, 0.15) is 97.8 Å². The molecule has 21 heavy (non-hydrogen) atoms. The van der Waals surface area contributed by atoms with E-state index in [0.717, 1.165) is 12.8 Å². The first kappa shape index (κ1) is 20.2. The van der Waals surface area contributed by atoms with E-state index in [0.29, 0.717) is 5.57 Å². The normalized spacial score (nSPS) is 11.6. The second-order valence-electron chi connectivity index (χ2n) is 6.95. The molecule has 0 aliphatic heterocycles. The predicted octanol–water partition coefficient (Wildman–Crippen LogP) is 6.35. The van der Waals surface area contributed by atoms with E-state index in [1.54, 1.807) is 0 Å². The second kappa shape index (κ2) is 11.8. The Kier molecular flexibility index (Phi) is 11.4. The van der Waals surface area contributed by atoms with Crippen LogP contribution < -0.4 is 0 Å². The summed E-state index contributed by atoms with van der Waals surface area (Å²) in [7, 11) is 0. The third-order valence-electron chi connectivity index (χ3n) is 4.48. The highest BCUT2D eigenvalue weighted by Crippen LogP contribution is 2.31. The Morgan fingerprint density at radius 2 is 1.24 bits per heavy atom. The topological polar surface area (TPSA) is 37.3 Å². The first-order valence-corrected chi connectivity index (χ1v) is 8.84. The van der Waals surface area contributed by atoms with Crippen LogP contribution in [0.2, 0.25) is 0 Å². The maximum atomic E-state index is 10.9. The predicted molar refractivity (Wildman–Crippen MR) is 91.6 cm³/mol. The Balaban J connectivity index is 3.44. The standard InChI is InChI=1S/C19H36O2/c1-5-6-7-8-9-10-11-12-13-14-15-16-19(3,4)17(2)18(20)21/h2,5-16H2,1,3-4H3,(H,20,21). The zero-order valence-electron chi connectivity index (χ0n) is 14.5. The van der Waals surface area contributed by atoms with Gasteiger partial charge in [0.2, 0.25) is 0 Å². The van der Waals surface area contributed by atoms with Crippen LogP contribution in [0.4, 0.5) is 0 Å². The number of rotatable bonds is 14. The molecule has 0 amide bonds. The third-order valence-corrected chi connectivity index (χ3v) is 4.48. The highest BCUT2D eigenvalue weighted by Gasteiger charge is 2.25. The molecule has 0 aromatic heterocycles. The van der Waals surface area contributed by atoms with E-state index in [1.807, 2.05) is 13.8 Å². The molecule has 0 saturated carbocycles. The van der Waals surface area contributed by atoms with E-state index in [-0.39, 0.29) is 5.41 Å². The lowest BCUT2D eigenvalue weighted by molar-refractivity contribution is -0.133. The van der Waals surface area contributed by atoms with Crippen molar-refractivity contribution in [2.24, 2.45) is 5.41 Å². The first-order chi connectivity index (χ1) is 9.91. The molecule has 0 aliphatic rings. The van der Waals surface area contributed by atoms with Crippen molar-refractivity contribution in [2.45, 2.75) is 97.8 Å². The molecule has 0 aromatic carbocycles.